The van der Waals surface area contributed by atoms with Gasteiger partial charge in [0.2, 0.25) is 0 Å². The van der Waals surface area contributed by atoms with Gasteiger partial charge in [-0.25, -0.2) is 15.0 Å². The minimum Gasteiger partial charge on any atom is -0.481 e. The van der Waals surface area contributed by atoms with Crippen LogP contribution in [-0.2, 0) is 11.2 Å². The molecule has 2 N–H and O–H groups in total. The van der Waals surface area contributed by atoms with Gasteiger partial charge in [-0.15, -0.1) is 11.3 Å². The summed E-state index contributed by atoms with van der Waals surface area (Å²) in [4.78, 5) is 25.0. The van der Waals surface area contributed by atoms with Crippen molar-refractivity contribution >= 4 is 39.1 Å². The van der Waals surface area contributed by atoms with Crippen LogP contribution >= 0.6 is 22.9 Å². The Morgan fingerprint density at radius 2 is 1.60 bits per heavy atom. The van der Waals surface area contributed by atoms with Crippen LogP contribution in [0, 0.1) is 6.92 Å². The number of ether oxygens (including phenoxy) is 1. The number of aryl methyl sites for hydroxylation is 1. The summed E-state index contributed by atoms with van der Waals surface area (Å²) in [6.45, 7) is 7.16. The molecule has 0 radical (unpaired) electrons. The van der Waals surface area contributed by atoms with Crippen molar-refractivity contribution in [3.63, 3.8) is 0 Å². The first-order chi connectivity index (χ1) is 18.9. The summed E-state index contributed by atoms with van der Waals surface area (Å²) in [7, 11) is 1.53. The van der Waals surface area contributed by atoms with Gasteiger partial charge in [0, 0.05) is 34.1 Å². The van der Waals surface area contributed by atoms with E-state index in [0.717, 1.165) is 54.2 Å². The second-order valence-corrected chi connectivity index (χ2v) is 11.6. The lowest BCUT2D eigenvalue weighted by Gasteiger charge is -2.13. The van der Waals surface area contributed by atoms with E-state index in [9.17, 15) is 9.90 Å². The number of rotatable bonds is 6. The van der Waals surface area contributed by atoms with E-state index in [1.54, 1.807) is 44.5 Å². The molecule has 206 valence electrons. The molecule has 0 aliphatic rings. The van der Waals surface area contributed by atoms with E-state index in [1.807, 2.05) is 55.5 Å². The summed E-state index contributed by atoms with van der Waals surface area (Å²) in [5, 5.41) is 19.6. The fourth-order valence-electron chi connectivity index (χ4n) is 4.06. The number of thiazole rings is 1. The second-order valence-electron chi connectivity index (χ2n) is 10.2. The quantitative estimate of drug-likeness (QED) is 0.216. The Balaban J connectivity index is 0.000000681. The Labute approximate surface area is 242 Å². The number of carboxylic acid groups (broad SMARTS) is 1. The number of nitrogens with zero attached hydrogens (tertiary/aromatic N) is 3. The van der Waals surface area contributed by atoms with Gasteiger partial charge in [-0.1, -0.05) is 41.9 Å². The predicted octanol–water partition coefficient (Wildman–Crippen LogP) is 7.46. The zero-order valence-electron chi connectivity index (χ0n) is 22.9. The highest BCUT2D eigenvalue weighted by atomic mass is 35.5. The third-order valence-electron chi connectivity index (χ3n) is 5.73. The Kier molecular flexibility index (Phi) is 8.83. The third kappa shape index (κ3) is 7.21. The fraction of sp³-hybridized carbons (Fsp3) is 0.226. The van der Waals surface area contributed by atoms with Crippen LogP contribution in [0.1, 0.15) is 31.9 Å². The number of carboxylic acids is 1. The first-order valence-electron chi connectivity index (χ1n) is 12.5. The maximum atomic E-state index is 11.7. The molecular formula is C31H30ClN3O4S. The minimum absolute atomic E-state index is 0.0695. The maximum absolute atomic E-state index is 11.7. The summed E-state index contributed by atoms with van der Waals surface area (Å²) in [6.07, 6.45) is 3.38. The number of halogens is 1. The number of aromatic nitrogens is 3. The molecule has 5 aromatic rings. The molecule has 40 heavy (non-hydrogen) atoms. The first-order valence-corrected chi connectivity index (χ1v) is 13.7. The predicted molar refractivity (Wildman–Crippen MR) is 161 cm³/mol. The zero-order valence-corrected chi connectivity index (χ0v) is 24.5. The van der Waals surface area contributed by atoms with E-state index in [2.05, 4.69) is 16.0 Å². The van der Waals surface area contributed by atoms with Crippen molar-refractivity contribution in [1.29, 1.82) is 0 Å². The number of hydrogen-bond acceptors (Lipinski definition) is 7. The first kappa shape index (κ1) is 29.1. The Morgan fingerprint density at radius 3 is 2.20 bits per heavy atom. The van der Waals surface area contributed by atoms with Gasteiger partial charge in [0.05, 0.1) is 29.3 Å². The molecule has 0 saturated heterocycles. The van der Waals surface area contributed by atoms with Gasteiger partial charge in [0.15, 0.2) is 0 Å². The van der Waals surface area contributed by atoms with Crippen molar-refractivity contribution in [3.8, 4) is 38.8 Å². The number of benzene rings is 3. The zero-order chi connectivity index (χ0) is 29.0. The topological polar surface area (TPSA) is 105 Å². The van der Waals surface area contributed by atoms with Gasteiger partial charge in [0.1, 0.15) is 5.01 Å². The molecule has 0 aliphatic carbocycles. The SMILES string of the molecule is CC(C)(C)O.COc1ncc(-c2cccc(-c3nc4cc(C)c(CC(=O)O)c(-c5ccc(Cl)cc5)c4s3)c2)cn1. The average molecular weight is 576 g/mol. The summed E-state index contributed by atoms with van der Waals surface area (Å²) in [6, 6.07) is 17.8. The highest BCUT2D eigenvalue weighted by Gasteiger charge is 2.19. The van der Waals surface area contributed by atoms with E-state index in [1.165, 1.54) is 7.11 Å². The highest BCUT2D eigenvalue weighted by Crippen LogP contribution is 2.41. The van der Waals surface area contributed by atoms with Crippen molar-refractivity contribution in [3.05, 3.63) is 83.1 Å². The van der Waals surface area contributed by atoms with Crippen LogP contribution in [0.5, 0.6) is 6.01 Å². The molecule has 7 nitrogen and oxygen atoms in total. The lowest BCUT2D eigenvalue weighted by atomic mass is 9.93. The minimum atomic E-state index is -0.873. The smallest absolute Gasteiger partial charge is 0.316 e. The number of aliphatic hydroxyl groups is 1. The second kappa shape index (κ2) is 12.1. The van der Waals surface area contributed by atoms with Gasteiger partial charge in [-0.05, 0) is 74.2 Å². The number of fused-ring (bicyclic) bond motifs is 1. The average Bonchev–Trinajstić information content (AvgIpc) is 3.32. The van der Waals surface area contributed by atoms with Gasteiger partial charge >= 0.3 is 12.0 Å². The maximum Gasteiger partial charge on any atom is 0.316 e. The molecule has 0 unspecified atom stereocenters. The van der Waals surface area contributed by atoms with Crippen LogP contribution in [0.15, 0.2) is 67.0 Å². The number of hydrogen-bond donors (Lipinski definition) is 2. The molecule has 0 bridgehead atoms. The summed E-state index contributed by atoms with van der Waals surface area (Å²) in [5.41, 5.74) is 6.61. The molecule has 2 heterocycles. The largest absolute Gasteiger partial charge is 0.481 e. The highest BCUT2D eigenvalue weighted by molar-refractivity contribution is 7.22. The summed E-state index contributed by atoms with van der Waals surface area (Å²) < 4.78 is 6.00. The molecule has 0 atom stereocenters. The van der Waals surface area contributed by atoms with Crippen molar-refractivity contribution in [2.24, 2.45) is 0 Å². The lowest BCUT2D eigenvalue weighted by molar-refractivity contribution is -0.136. The van der Waals surface area contributed by atoms with Crippen molar-refractivity contribution in [2.45, 2.75) is 39.7 Å². The molecule has 3 aromatic carbocycles. The lowest BCUT2D eigenvalue weighted by Crippen LogP contribution is -2.10. The van der Waals surface area contributed by atoms with Crippen LogP contribution in [0.25, 0.3) is 43.0 Å². The molecule has 2 aromatic heterocycles. The number of carbonyl (C=O) groups is 1. The number of methoxy groups -OCH3 is 1. The molecule has 0 fully saturated rings. The molecule has 0 saturated carbocycles. The van der Waals surface area contributed by atoms with E-state index in [-0.39, 0.29) is 6.42 Å². The van der Waals surface area contributed by atoms with E-state index in [4.69, 9.17) is 26.4 Å². The van der Waals surface area contributed by atoms with Crippen molar-refractivity contribution in [1.82, 2.24) is 15.0 Å². The molecule has 5 rings (SSSR count). The van der Waals surface area contributed by atoms with Crippen LogP contribution in [0.3, 0.4) is 0 Å². The van der Waals surface area contributed by atoms with Crippen molar-refractivity contribution in [2.75, 3.05) is 7.11 Å². The third-order valence-corrected chi connectivity index (χ3v) is 7.12. The molecule has 9 heteroatoms. The van der Waals surface area contributed by atoms with Crippen molar-refractivity contribution < 1.29 is 19.7 Å². The van der Waals surface area contributed by atoms with E-state index >= 15 is 0 Å². The number of aliphatic carboxylic acids is 1. The monoisotopic (exact) mass is 575 g/mol. The molecule has 0 amide bonds. The van der Waals surface area contributed by atoms with Gasteiger partial charge in [-0.3, -0.25) is 4.79 Å². The fourth-order valence-corrected chi connectivity index (χ4v) is 5.32. The Hall–Kier alpha value is -3.85. The van der Waals surface area contributed by atoms with Crippen LogP contribution in [0.2, 0.25) is 5.02 Å². The normalized spacial score (nSPS) is 11.2. The van der Waals surface area contributed by atoms with Gasteiger partial charge in [0.25, 0.3) is 0 Å². The van der Waals surface area contributed by atoms with Crippen LogP contribution in [-0.4, -0.2) is 43.8 Å². The van der Waals surface area contributed by atoms with Crippen LogP contribution in [0.4, 0.5) is 0 Å². The molecule has 0 spiro atoms. The molecular weight excluding hydrogens is 546 g/mol. The summed E-state index contributed by atoms with van der Waals surface area (Å²) >= 11 is 7.67. The van der Waals surface area contributed by atoms with Gasteiger partial charge < -0.3 is 14.9 Å². The van der Waals surface area contributed by atoms with Gasteiger partial charge in [-0.2, -0.15) is 0 Å². The van der Waals surface area contributed by atoms with E-state index in [0.29, 0.717) is 11.0 Å². The standard InChI is InChI=1S/C27H20ClN3O3S.C4H10O/c1-15-10-22-25(24(21(15)12-23(32)33)16-6-8-20(28)9-7-16)35-26(31-22)18-5-3-4-17(11-18)19-13-29-27(34-2)30-14-19;1-4(2,3)5/h3-11,13-14H,12H2,1-2H3,(H,32,33);5H,1-3H3. The Morgan fingerprint density at radius 1 is 0.975 bits per heavy atom. The molecule has 0 aliphatic heterocycles. The van der Waals surface area contributed by atoms with Crippen LogP contribution < -0.4 is 4.74 Å². The summed E-state index contributed by atoms with van der Waals surface area (Å²) in [5.74, 6) is -0.873. The Bertz CT molecular complexity index is 1640. The van der Waals surface area contributed by atoms with E-state index < -0.39 is 11.6 Å².